The summed E-state index contributed by atoms with van der Waals surface area (Å²) < 4.78 is 2.11. The number of benzene rings is 2. The Morgan fingerprint density at radius 1 is 0.875 bits per heavy atom. The molecule has 0 saturated carbocycles. The maximum atomic E-state index is 13.2. The van der Waals surface area contributed by atoms with Crippen LogP contribution in [0.3, 0.4) is 0 Å². The molecule has 0 bridgehead atoms. The Morgan fingerprint density at radius 3 is 2.25 bits per heavy atom. The van der Waals surface area contributed by atoms with Crippen molar-refractivity contribution < 1.29 is 14.4 Å². The van der Waals surface area contributed by atoms with E-state index in [1.807, 2.05) is 45.0 Å². The summed E-state index contributed by atoms with van der Waals surface area (Å²) in [6.45, 7) is 10.0. The molecule has 1 saturated heterocycles. The van der Waals surface area contributed by atoms with Crippen LogP contribution < -0.4 is 10.2 Å². The minimum atomic E-state index is -0.748. The third-order valence-electron chi connectivity index (χ3n) is 5.98. The molecule has 1 fully saturated rings. The zero-order chi connectivity index (χ0) is 23.2. The molecule has 0 aliphatic carbocycles. The molecule has 0 unspecified atom stereocenters. The summed E-state index contributed by atoms with van der Waals surface area (Å²) in [6, 6.07) is 14.3. The summed E-state index contributed by atoms with van der Waals surface area (Å²) in [5, 5.41) is 2.28. The lowest BCUT2D eigenvalue weighted by atomic mass is 10.1. The Kier molecular flexibility index (Phi) is 5.30. The number of amides is 4. The van der Waals surface area contributed by atoms with Gasteiger partial charge < -0.3 is 4.57 Å². The first-order valence-electron chi connectivity index (χ1n) is 10.4. The van der Waals surface area contributed by atoms with Gasteiger partial charge in [-0.3, -0.25) is 14.9 Å². The summed E-state index contributed by atoms with van der Waals surface area (Å²) in [4.78, 5) is 39.2. The maximum Gasteiger partial charge on any atom is 0.335 e. The van der Waals surface area contributed by atoms with E-state index in [1.165, 1.54) is 5.56 Å². The highest BCUT2D eigenvalue weighted by Crippen LogP contribution is 2.28. The van der Waals surface area contributed by atoms with Crippen LogP contribution in [0.15, 0.2) is 54.1 Å². The maximum absolute atomic E-state index is 13.2. The molecule has 6 nitrogen and oxygen atoms in total. The number of hydrogen-bond acceptors (Lipinski definition) is 3. The fourth-order valence-corrected chi connectivity index (χ4v) is 4.02. The third kappa shape index (κ3) is 3.54. The minimum absolute atomic E-state index is 0.0774. The van der Waals surface area contributed by atoms with Crippen LogP contribution in [0.2, 0.25) is 0 Å². The second-order valence-electron chi connectivity index (χ2n) is 8.17. The number of aromatic nitrogens is 1. The topological polar surface area (TPSA) is 71.4 Å². The average molecular weight is 428 g/mol. The van der Waals surface area contributed by atoms with Gasteiger partial charge in [0.1, 0.15) is 5.57 Å². The third-order valence-corrected chi connectivity index (χ3v) is 5.98. The lowest BCUT2D eigenvalue weighted by Gasteiger charge is -2.26. The van der Waals surface area contributed by atoms with Gasteiger partial charge in [0, 0.05) is 17.1 Å². The van der Waals surface area contributed by atoms with Crippen LogP contribution in [0.1, 0.15) is 33.6 Å². The van der Waals surface area contributed by atoms with Crippen molar-refractivity contribution in [2.45, 2.75) is 34.6 Å². The van der Waals surface area contributed by atoms with Crippen molar-refractivity contribution in [1.29, 1.82) is 0 Å². The normalized spacial score (nSPS) is 15.5. The predicted molar refractivity (Wildman–Crippen MR) is 125 cm³/mol. The first-order chi connectivity index (χ1) is 15.2. The second kappa shape index (κ2) is 7.96. The van der Waals surface area contributed by atoms with E-state index >= 15 is 0 Å². The predicted octanol–water partition coefficient (Wildman–Crippen LogP) is 4.69. The molecule has 1 N–H and O–H groups in total. The first kappa shape index (κ1) is 21.3. The van der Waals surface area contributed by atoms with Crippen LogP contribution >= 0.6 is 0 Å². The average Bonchev–Trinajstić information content (AvgIpc) is 3.01. The number of carbonyl (C=O) groups excluding carboxylic acids is 3. The number of imide groups is 2. The number of rotatable bonds is 3. The van der Waals surface area contributed by atoms with Crippen LogP contribution in [0.4, 0.5) is 10.5 Å². The quantitative estimate of drug-likeness (QED) is 0.487. The summed E-state index contributed by atoms with van der Waals surface area (Å²) in [7, 11) is 0. The molecular formula is C26H25N3O3. The zero-order valence-corrected chi connectivity index (χ0v) is 18.8. The number of urea groups is 1. The molecule has 3 aromatic rings. The molecular weight excluding hydrogens is 402 g/mol. The van der Waals surface area contributed by atoms with Gasteiger partial charge in [-0.05, 0) is 81.7 Å². The molecule has 2 heterocycles. The lowest BCUT2D eigenvalue weighted by Crippen LogP contribution is -2.54. The van der Waals surface area contributed by atoms with Gasteiger partial charge in [0.15, 0.2) is 0 Å². The highest BCUT2D eigenvalue weighted by atomic mass is 16.2. The molecule has 1 aliphatic heterocycles. The Hall–Kier alpha value is -3.93. The van der Waals surface area contributed by atoms with Gasteiger partial charge >= 0.3 is 6.03 Å². The number of carbonyl (C=O) groups is 3. The Balaban J connectivity index is 1.78. The van der Waals surface area contributed by atoms with E-state index in [0.717, 1.165) is 38.7 Å². The van der Waals surface area contributed by atoms with Crippen LogP contribution in [-0.2, 0) is 9.59 Å². The minimum Gasteiger partial charge on any atom is -0.318 e. The highest BCUT2D eigenvalue weighted by Gasteiger charge is 2.37. The summed E-state index contributed by atoms with van der Waals surface area (Å²) in [6.07, 6.45) is 1.56. The van der Waals surface area contributed by atoms with E-state index in [4.69, 9.17) is 0 Å². The van der Waals surface area contributed by atoms with E-state index in [9.17, 15) is 14.4 Å². The van der Waals surface area contributed by atoms with E-state index in [0.29, 0.717) is 5.69 Å². The number of barbiturate groups is 1. The van der Waals surface area contributed by atoms with Gasteiger partial charge in [0.2, 0.25) is 0 Å². The number of nitrogens with one attached hydrogen (secondary N) is 1. The molecule has 32 heavy (non-hydrogen) atoms. The molecule has 162 valence electrons. The van der Waals surface area contributed by atoms with Crippen molar-refractivity contribution in [3.05, 3.63) is 87.7 Å². The number of hydrogen-bond donors (Lipinski definition) is 1. The number of anilines is 1. The monoisotopic (exact) mass is 427 g/mol. The van der Waals surface area contributed by atoms with Gasteiger partial charge in [-0.15, -0.1) is 0 Å². The molecule has 0 atom stereocenters. The van der Waals surface area contributed by atoms with Crippen LogP contribution in [-0.4, -0.2) is 22.4 Å². The standard InChI is InChI=1S/C26H25N3O3/c1-15-9-11-21(12-10-15)29-25(31)22(24(30)27-26(29)32)14-20-13-17(3)28(19(20)5)23-8-6-7-16(2)18(23)4/h6-14H,1-5H3,(H,27,30,32)/b22-14+. The van der Waals surface area contributed by atoms with E-state index < -0.39 is 17.8 Å². The molecule has 2 aromatic carbocycles. The highest BCUT2D eigenvalue weighted by molar-refractivity contribution is 6.39. The SMILES string of the molecule is Cc1ccc(N2C(=O)NC(=O)/C(=C\c3cc(C)n(-c4cccc(C)c4C)c3C)C2=O)cc1. The van der Waals surface area contributed by atoms with Gasteiger partial charge in [0.05, 0.1) is 5.69 Å². The summed E-state index contributed by atoms with van der Waals surface area (Å²) >= 11 is 0. The van der Waals surface area contributed by atoms with Crippen molar-refractivity contribution in [3.8, 4) is 5.69 Å². The fraction of sp³-hybridized carbons (Fsp3) is 0.192. The Bertz CT molecular complexity index is 1300. The lowest BCUT2D eigenvalue weighted by molar-refractivity contribution is -0.122. The second-order valence-corrected chi connectivity index (χ2v) is 8.17. The van der Waals surface area contributed by atoms with Gasteiger partial charge in [-0.2, -0.15) is 0 Å². The molecule has 0 radical (unpaired) electrons. The molecule has 4 amide bonds. The van der Waals surface area contributed by atoms with Gasteiger partial charge in [0.25, 0.3) is 11.8 Å². The fourth-order valence-electron chi connectivity index (χ4n) is 4.02. The number of aryl methyl sites for hydroxylation is 3. The van der Waals surface area contributed by atoms with Crippen molar-refractivity contribution >= 4 is 29.6 Å². The molecule has 6 heteroatoms. The largest absolute Gasteiger partial charge is 0.335 e. The Labute approximate surface area is 187 Å². The summed E-state index contributed by atoms with van der Waals surface area (Å²) in [5.41, 5.74) is 7.38. The molecule has 4 rings (SSSR count). The Morgan fingerprint density at radius 2 is 1.56 bits per heavy atom. The van der Waals surface area contributed by atoms with E-state index in [2.05, 4.69) is 35.9 Å². The van der Waals surface area contributed by atoms with Crippen molar-refractivity contribution in [2.24, 2.45) is 0 Å². The van der Waals surface area contributed by atoms with Crippen LogP contribution in [0, 0.1) is 34.6 Å². The summed E-state index contributed by atoms with van der Waals surface area (Å²) in [5.74, 6) is -1.33. The first-order valence-corrected chi connectivity index (χ1v) is 10.4. The smallest absolute Gasteiger partial charge is 0.318 e. The van der Waals surface area contributed by atoms with Crippen molar-refractivity contribution in [2.75, 3.05) is 4.90 Å². The molecule has 1 aliphatic rings. The van der Waals surface area contributed by atoms with Crippen LogP contribution in [0.25, 0.3) is 11.8 Å². The number of nitrogens with zero attached hydrogens (tertiary/aromatic N) is 2. The molecule has 1 aromatic heterocycles. The zero-order valence-electron chi connectivity index (χ0n) is 18.8. The van der Waals surface area contributed by atoms with E-state index in [-0.39, 0.29) is 5.57 Å². The van der Waals surface area contributed by atoms with Gasteiger partial charge in [-0.25, -0.2) is 9.69 Å². The van der Waals surface area contributed by atoms with Crippen LogP contribution in [0.5, 0.6) is 0 Å². The van der Waals surface area contributed by atoms with Crippen molar-refractivity contribution in [1.82, 2.24) is 9.88 Å². The van der Waals surface area contributed by atoms with Crippen molar-refractivity contribution in [3.63, 3.8) is 0 Å². The molecule has 0 spiro atoms. The van der Waals surface area contributed by atoms with Gasteiger partial charge in [-0.1, -0.05) is 29.8 Å². The van der Waals surface area contributed by atoms with E-state index in [1.54, 1.807) is 18.2 Å².